The minimum atomic E-state index is -0.534. The van der Waals surface area contributed by atoms with Crippen LogP contribution in [0.1, 0.15) is 37.7 Å². The first kappa shape index (κ1) is 19.9. The van der Waals surface area contributed by atoms with Gasteiger partial charge in [-0.25, -0.2) is 4.39 Å². The molecule has 0 bridgehead atoms. The Hall–Kier alpha value is -2.35. The second kappa shape index (κ2) is 8.57. The van der Waals surface area contributed by atoms with E-state index in [9.17, 15) is 18.8 Å². The van der Waals surface area contributed by atoms with Gasteiger partial charge in [-0.05, 0) is 68.1 Å². The Morgan fingerprint density at radius 1 is 1.03 bits per heavy atom. The van der Waals surface area contributed by atoms with Gasteiger partial charge < -0.3 is 9.80 Å². The Kier molecular flexibility index (Phi) is 5.89. The van der Waals surface area contributed by atoms with E-state index in [0.29, 0.717) is 13.1 Å². The van der Waals surface area contributed by atoms with E-state index in [4.69, 9.17) is 0 Å². The van der Waals surface area contributed by atoms with Gasteiger partial charge in [0.15, 0.2) is 0 Å². The second-order valence-corrected chi connectivity index (χ2v) is 8.60. The third-order valence-electron chi connectivity index (χ3n) is 5.62. The number of benzene rings is 1. The fourth-order valence-corrected chi connectivity index (χ4v) is 4.79. The summed E-state index contributed by atoms with van der Waals surface area (Å²) in [7, 11) is 0. The Bertz CT molecular complexity index is 861. The van der Waals surface area contributed by atoms with Crippen molar-refractivity contribution in [1.82, 2.24) is 9.80 Å². The number of carbonyl (C=O) groups is 3. The summed E-state index contributed by atoms with van der Waals surface area (Å²) in [6, 6.07) is 4.95. The summed E-state index contributed by atoms with van der Waals surface area (Å²) in [5, 5.41) is -0.485. The zero-order valence-electron chi connectivity index (χ0n) is 16.2. The number of amides is 3. The zero-order chi connectivity index (χ0) is 20.4. The van der Waals surface area contributed by atoms with Gasteiger partial charge in [0.2, 0.25) is 5.91 Å². The van der Waals surface area contributed by atoms with Crippen molar-refractivity contribution in [2.75, 3.05) is 37.6 Å². The predicted octanol–water partition coefficient (Wildman–Crippen LogP) is 3.47. The molecule has 3 fully saturated rings. The van der Waals surface area contributed by atoms with E-state index in [-0.39, 0.29) is 22.9 Å². The number of thioether (sulfide) groups is 1. The van der Waals surface area contributed by atoms with Gasteiger partial charge in [-0.2, -0.15) is 0 Å². The molecule has 1 aromatic rings. The molecule has 0 aromatic heterocycles. The van der Waals surface area contributed by atoms with Crippen molar-refractivity contribution in [2.45, 2.75) is 32.1 Å². The summed E-state index contributed by atoms with van der Waals surface area (Å²) in [5.74, 6) is -1.17. The maximum Gasteiger partial charge on any atom is 0.294 e. The predicted molar refractivity (Wildman–Crippen MR) is 111 cm³/mol. The molecule has 0 atom stereocenters. The second-order valence-electron chi connectivity index (χ2n) is 7.61. The quantitative estimate of drug-likeness (QED) is 0.702. The van der Waals surface area contributed by atoms with Gasteiger partial charge in [0.1, 0.15) is 12.4 Å². The summed E-state index contributed by atoms with van der Waals surface area (Å²) in [5.41, 5.74) is 1.10. The molecule has 3 aliphatic heterocycles. The minimum absolute atomic E-state index is 0.147. The van der Waals surface area contributed by atoms with Crippen LogP contribution in [0.15, 0.2) is 23.1 Å². The maximum absolute atomic E-state index is 14.6. The summed E-state index contributed by atoms with van der Waals surface area (Å²) in [6.45, 7) is 2.92. The molecule has 8 heteroatoms. The number of likely N-dealkylation sites (tertiary alicyclic amines) is 1. The van der Waals surface area contributed by atoms with Crippen LogP contribution in [0, 0.1) is 5.82 Å². The van der Waals surface area contributed by atoms with E-state index in [1.54, 1.807) is 11.0 Å². The Morgan fingerprint density at radius 2 is 1.72 bits per heavy atom. The van der Waals surface area contributed by atoms with E-state index in [2.05, 4.69) is 4.90 Å². The molecule has 3 saturated heterocycles. The lowest BCUT2D eigenvalue weighted by Gasteiger charge is -2.27. The van der Waals surface area contributed by atoms with Crippen LogP contribution in [-0.4, -0.2) is 59.6 Å². The molecule has 0 radical (unpaired) electrons. The summed E-state index contributed by atoms with van der Waals surface area (Å²) < 4.78 is 14.6. The molecule has 6 nitrogen and oxygen atoms in total. The van der Waals surface area contributed by atoms with E-state index in [1.807, 2.05) is 6.07 Å². The third kappa shape index (κ3) is 4.32. The molecule has 0 N–H and O–H groups in total. The van der Waals surface area contributed by atoms with Crippen molar-refractivity contribution in [3.05, 3.63) is 34.5 Å². The van der Waals surface area contributed by atoms with Crippen molar-refractivity contribution in [3.63, 3.8) is 0 Å². The van der Waals surface area contributed by atoms with Crippen LogP contribution in [0.5, 0.6) is 0 Å². The standard InChI is InChI=1S/C21H24FN3O3S/c22-17-13-16(23-8-4-5-9-23)7-6-15(17)12-18-20(27)25(21(28)29-18)14-19(26)24-10-2-1-3-11-24/h6-7,12-13H,1-5,8-11,14H2/b18-12-. The molecule has 4 rings (SSSR count). The SMILES string of the molecule is O=C(CN1C(=O)S/C(=C\c2ccc(N3CCCC3)cc2F)C1=O)N1CCCCC1. The topological polar surface area (TPSA) is 60.9 Å². The van der Waals surface area contributed by atoms with Crippen molar-refractivity contribution in [1.29, 1.82) is 0 Å². The van der Waals surface area contributed by atoms with Gasteiger partial charge >= 0.3 is 0 Å². The normalized spacial score (nSPS) is 21.6. The highest BCUT2D eigenvalue weighted by molar-refractivity contribution is 8.18. The average molecular weight is 418 g/mol. The molecule has 0 saturated carbocycles. The van der Waals surface area contributed by atoms with Crippen molar-refractivity contribution >= 4 is 40.6 Å². The minimum Gasteiger partial charge on any atom is -0.371 e. The molecule has 3 amide bonds. The van der Waals surface area contributed by atoms with Gasteiger partial charge in [0, 0.05) is 37.4 Å². The van der Waals surface area contributed by atoms with Gasteiger partial charge in [-0.15, -0.1) is 0 Å². The lowest BCUT2D eigenvalue weighted by Crippen LogP contribution is -2.44. The van der Waals surface area contributed by atoms with Crippen LogP contribution in [-0.2, 0) is 9.59 Å². The largest absolute Gasteiger partial charge is 0.371 e. The van der Waals surface area contributed by atoms with E-state index in [1.165, 1.54) is 12.1 Å². The van der Waals surface area contributed by atoms with Crippen LogP contribution in [0.25, 0.3) is 6.08 Å². The highest BCUT2D eigenvalue weighted by Gasteiger charge is 2.37. The smallest absolute Gasteiger partial charge is 0.294 e. The number of halogens is 1. The van der Waals surface area contributed by atoms with E-state index < -0.39 is 17.0 Å². The fraction of sp³-hybridized carbons (Fsp3) is 0.476. The van der Waals surface area contributed by atoms with Gasteiger partial charge in [-0.1, -0.05) is 0 Å². The number of hydrogen-bond donors (Lipinski definition) is 0. The molecule has 1 aromatic carbocycles. The number of piperidine rings is 1. The summed E-state index contributed by atoms with van der Waals surface area (Å²) in [6.07, 6.45) is 6.59. The molecule has 3 heterocycles. The van der Waals surface area contributed by atoms with Gasteiger partial charge in [-0.3, -0.25) is 19.3 Å². The molecular formula is C21H24FN3O3S. The number of nitrogens with zero attached hydrogens (tertiary/aromatic N) is 3. The van der Waals surface area contributed by atoms with Crippen LogP contribution >= 0.6 is 11.8 Å². The Balaban J connectivity index is 1.46. The molecule has 3 aliphatic rings. The molecule has 0 aliphatic carbocycles. The first-order chi connectivity index (χ1) is 14.0. The number of carbonyl (C=O) groups excluding carboxylic acids is 3. The van der Waals surface area contributed by atoms with E-state index in [0.717, 1.165) is 67.5 Å². The van der Waals surface area contributed by atoms with Crippen LogP contribution < -0.4 is 4.90 Å². The van der Waals surface area contributed by atoms with Crippen LogP contribution in [0.2, 0.25) is 0 Å². The number of anilines is 1. The van der Waals surface area contributed by atoms with Crippen molar-refractivity contribution in [3.8, 4) is 0 Å². The molecule has 0 unspecified atom stereocenters. The maximum atomic E-state index is 14.6. The monoisotopic (exact) mass is 417 g/mol. The first-order valence-corrected chi connectivity index (χ1v) is 10.9. The highest BCUT2D eigenvalue weighted by atomic mass is 32.2. The van der Waals surface area contributed by atoms with E-state index >= 15 is 0 Å². The van der Waals surface area contributed by atoms with Crippen LogP contribution in [0.3, 0.4) is 0 Å². The fourth-order valence-electron chi connectivity index (χ4n) is 3.96. The Morgan fingerprint density at radius 3 is 2.41 bits per heavy atom. The van der Waals surface area contributed by atoms with Crippen LogP contribution in [0.4, 0.5) is 14.9 Å². The first-order valence-electron chi connectivity index (χ1n) is 10.1. The average Bonchev–Trinajstić information content (AvgIpc) is 3.35. The zero-order valence-corrected chi connectivity index (χ0v) is 17.0. The molecular weight excluding hydrogens is 393 g/mol. The summed E-state index contributed by atoms with van der Waals surface area (Å²) in [4.78, 5) is 42.3. The van der Waals surface area contributed by atoms with Crippen molar-refractivity contribution in [2.24, 2.45) is 0 Å². The summed E-state index contributed by atoms with van der Waals surface area (Å²) >= 11 is 0.754. The molecule has 29 heavy (non-hydrogen) atoms. The lowest BCUT2D eigenvalue weighted by atomic mass is 10.1. The lowest BCUT2D eigenvalue weighted by molar-refractivity contribution is -0.136. The number of rotatable bonds is 4. The third-order valence-corrected chi connectivity index (χ3v) is 6.52. The van der Waals surface area contributed by atoms with Crippen molar-refractivity contribution < 1.29 is 18.8 Å². The molecule has 154 valence electrons. The Labute approximate surface area is 173 Å². The molecule has 0 spiro atoms. The number of hydrogen-bond acceptors (Lipinski definition) is 5. The van der Waals surface area contributed by atoms with Gasteiger partial charge in [0.25, 0.3) is 11.1 Å². The highest BCUT2D eigenvalue weighted by Crippen LogP contribution is 2.33. The van der Waals surface area contributed by atoms with Gasteiger partial charge in [0.05, 0.1) is 4.91 Å². The number of imide groups is 1.